The fourth-order valence-corrected chi connectivity index (χ4v) is 6.62. The summed E-state index contributed by atoms with van der Waals surface area (Å²) in [6.45, 7) is 14.5. The first-order valence-corrected chi connectivity index (χ1v) is 20.8. The van der Waals surface area contributed by atoms with Gasteiger partial charge in [-0.05, 0) is 70.3 Å². The van der Waals surface area contributed by atoms with Gasteiger partial charge in [0.2, 0.25) is 23.6 Å². The topological polar surface area (TPSA) is 218 Å². The lowest BCUT2D eigenvalue weighted by atomic mass is 9.92. The van der Waals surface area contributed by atoms with Crippen LogP contribution in [0.2, 0.25) is 0 Å². The number of benzene rings is 1. The number of rotatable bonds is 20. The molecule has 306 valence electrons. The number of amides is 5. The van der Waals surface area contributed by atoms with E-state index in [1.807, 2.05) is 44.2 Å². The van der Waals surface area contributed by atoms with E-state index in [4.69, 9.17) is 9.47 Å². The van der Waals surface area contributed by atoms with E-state index >= 15 is 0 Å². The molecule has 16 heteroatoms. The third kappa shape index (κ3) is 17.1. The fraction of sp³-hybridized carbons (Fsp3) is 0.711. The van der Waals surface area contributed by atoms with E-state index < -0.39 is 93.2 Å². The molecule has 0 radical (unpaired) electrons. The third-order valence-corrected chi connectivity index (χ3v) is 9.80. The molecule has 1 aromatic rings. The molecule has 0 bridgehead atoms. The van der Waals surface area contributed by atoms with E-state index in [2.05, 4.69) is 26.6 Å². The Morgan fingerprint density at radius 1 is 0.889 bits per heavy atom. The van der Waals surface area contributed by atoms with E-state index in [0.717, 1.165) is 18.2 Å². The number of aliphatic hydroxyl groups excluding tert-OH is 1. The van der Waals surface area contributed by atoms with E-state index in [0.29, 0.717) is 19.4 Å². The van der Waals surface area contributed by atoms with Crippen molar-refractivity contribution in [3.8, 4) is 0 Å². The average molecular weight is 782 g/mol. The lowest BCUT2D eigenvalue weighted by Crippen LogP contribution is -2.58. The van der Waals surface area contributed by atoms with Crippen LogP contribution in [-0.4, -0.2) is 104 Å². The Morgan fingerprint density at radius 3 is 2.07 bits per heavy atom. The predicted octanol–water partition coefficient (Wildman–Crippen LogP) is 2.35. The molecule has 7 atom stereocenters. The Hall–Kier alpha value is -3.76. The number of hydrogen-bond donors (Lipinski definition) is 6. The van der Waals surface area contributed by atoms with Crippen LogP contribution in [0.5, 0.6) is 0 Å². The van der Waals surface area contributed by atoms with Crippen molar-refractivity contribution in [3.63, 3.8) is 0 Å². The highest BCUT2D eigenvalue weighted by Crippen LogP contribution is 2.20. The summed E-state index contributed by atoms with van der Waals surface area (Å²) in [7, 11) is -3.55. The number of aliphatic hydroxyl groups is 1. The van der Waals surface area contributed by atoms with E-state index in [1.165, 1.54) is 0 Å². The summed E-state index contributed by atoms with van der Waals surface area (Å²) in [4.78, 5) is 66.5. The van der Waals surface area contributed by atoms with Crippen molar-refractivity contribution in [2.75, 3.05) is 18.6 Å². The normalized spacial score (nSPS) is 18.1. The zero-order valence-corrected chi connectivity index (χ0v) is 34.1. The first-order valence-electron chi connectivity index (χ1n) is 18.8. The van der Waals surface area contributed by atoms with Crippen molar-refractivity contribution in [1.82, 2.24) is 26.6 Å². The van der Waals surface area contributed by atoms with Crippen LogP contribution in [0.15, 0.2) is 30.3 Å². The minimum atomic E-state index is -3.55. The molecule has 0 aliphatic carbocycles. The van der Waals surface area contributed by atoms with Crippen LogP contribution in [0, 0.1) is 17.8 Å². The minimum Gasteiger partial charge on any atom is -0.444 e. The predicted molar refractivity (Wildman–Crippen MR) is 205 cm³/mol. The van der Waals surface area contributed by atoms with Crippen LogP contribution in [0.25, 0.3) is 0 Å². The molecule has 54 heavy (non-hydrogen) atoms. The zero-order valence-electron chi connectivity index (χ0n) is 33.3. The maximum atomic E-state index is 13.8. The van der Waals surface area contributed by atoms with Crippen LogP contribution in [0.4, 0.5) is 4.79 Å². The Balaban J connectivity index is 2.19. The molecule has 5 amide bonds. The Bertz CT molecular complexity index is 1490. The van der Waals surface area contributed by atoms with Crippen molar-refractivity contribution in [3.05, 3.63) is 35.9 Å². The van der Waals surface area contributed by atoms with Crippen LogP contribution in [0.3, 0.4) is 0 Å². The van der Waals surface area contributed by atoms with Gasteiger partial charge in [-0.3, -0.25) is 19.2 Å². The molecular formula is C38H63N5O10S. The van der Waals surface area contributed by atoms with Gasteiger partial charge < -0.3 is 41.2 Å². The van der Waals surface area contributed by atoms with E-state index in [1.54, 1.807) is 41.5 Å². The van der Waals surface area contributed by atoms with Crippen molar-refractivity contribution in [1.29, 1.82) is 0 Å². The lowest BCUT2D eigenvalue weighted by Gasteiger charge is -2.31. The molecule has 1 unspecified atom stereocenters. The Labute approximate surface area is 320 Å². The SMILES string of the molecule is CC(C)C[C@H](NC(=O)[C@H](CCS(C)(=O)=O)NC(=O)[C@@H](NC(=O)OC(C)(C)C)C(C)C)[C@@H](O)C[C@@H](C)C(=O)N[C@H](C(=O)NCc1ccccc1)C1CCCO1. The lowest BCUT2D eigenvalue weighted by molar-refractivity contribution is -0.134. The maximum Gasteiger partial charge on any atom is 0.408 e. The Morgan fingerprint density at radius 2 is 1.54 bits per heavy atom. The summed E-state index contributed by atoms with van der Waals surface area (Å²) >= 11 is 0. The summed E-state index contributed by atoms with van der Waals surface area (Å²) in [5, 5.41) is 25.0. The number of sulfone groups is 1. The first-order chi connectivity index (χ1) is 25.1. The number of alkyl carbamates (subject to hydrolysis) is 1. The molecule has 1 aliphatic rings. The molecule has 15 nitrogen and oxygen atoms in total. The highest BCUT2D eigenvalue weighted by atomic mass is 32.2. The molecule has 0 spiro atoms. The second kappa shape index (κ2) is 21.4. The van der Waals surface area contributed by atoms with Crippen molar-refractivity contribution < 1.29 is 47.0 Å². The molecule has 2 rings (SSSR count). The molecule has 6 N–H and O–H groups in total. The molecule has 1 saturated heterocycles. The number of nitrogens with one attached hydrogen (secondary N) is 5. The number of carbonyl (C=O) groups excluding carboxylic acids is 5. The number of hydrogen-bond acceptors (Lipinski definition) is 10. The number of carbonyl (C=O) groups is 5. The molecule has 1 aromatic carbocycles. The minimum absolute atomic E-state index is 0.0151. The van der Waals surface area contributed by atoms with Gasteiger partial charge in [0.05, 0.1) is 24.0 Å². The van der Waals surface area contributed by atoms with Crippen molar-refractivity contribution in [2.45, 2.75) is 136 Å². The second-order valence-electron chi connectivity index (χ2n) is 16.0. The van der Waals surface area contributed by atoms with Gasteiger partial charge in [0, 0.05) is 25.3 Å². The molecule has 1 fully saturated rings. The number of ether oxygens (including phenoxy) is 2. The maximum absolute atomic E-state index is 13.8. The van der Waals surface area contributed by atoms with Gasteiger partial charge in [-0.1, -0.05) is 65.0 Å². The molecule has 1 heterocycles. The van der Waals surface area contributed by atoms with Gasteiger partial charge >= 0.3 is 6.09 Å². The summed E-state index contributed by atoms with van der Waals surface area (Å²) in [6.07, 6.45) is -0.273. The van der Waals surface area contributed by atoms with Gasteiger partial charge in [-0.15, -0.1) is 0 Å². The smallest absolute Gasteiger partial charge is 0.408 e. The molecule has 1 aliphatic heterocycles. The zero-order chi connectivity index (χ0) is 40.8. The standard InChI is InChI=1S/C38H63N5O10S/c1-23(2)20-28(41-34(46)27(17-19-54(9,50)51)40-36(48)31(24(3)4)43-37(49)53-38(6,7)8)29(44)21-25(5)33(45)42-32(30-16-13-18-52-30)35(47)39-22-26-14-11-10-12-15-26/h10-12,14-15,23-25,27-32,44H,13,16-22H2,1-9H3,(H,39,47)(H,40,48)(H,41,46)(H,42,45)(H,43,49)/t25-,27+,28+,29+,30?,31+,32+/m1/s1. The highest BCUT2D eigenvalue weighted by Gasteiger charge is 2.36. The second-order valence-corrected chi connectivity index (χ2v) is 18.3. The Kier molecular flexibility index (Phi) is 18.4. The summed E-state index contributed by atoms with van der Waals surface area (Å²) in [5.74, 6) is -3.96. The van der Waals surface area contributed by atoms with E-state index in [9.17, 15) is 37.5 Å². The van der Waals surface area contributed by atoms with Gasteiger partial charge in [-0.25, -0.2) is 13.2 Å². The summed E-state index contributed by atoms with van der Waals surface area (Å²) < 4.78 is 35.3. The fourth-order valence-electron chi connectivity index (χ4n) is 5.95. The largest absolute Gasteiger partial charge is 0.444 e. The van der Waals surface area contributed by atoms with Crippen LogP contribution < -0.4 is 26.6 Å². The van der Waals surface area contributed by atoms with Crippen LogP contribution in [-0.2, 0) is 45.0 Å². The highest BCUT2D eigenvalue weighted by molar-refractivity contribution is 7.90. The summed E-state index contributed by atoms with van der Waals surface area (Å²) in [5.41, 5.74) is 0.0709. The monoisotopic (exact) mass is 781 g/mol. The summed E-state index contributed by atoms with van der Waals surface area (Å²) in [6, 6.07) is 5.09. The van der Waals surface area contributed by atoms with Gasteiger partial charge in [0.25, 0.3) is 0 Å². The first kappa shape index (κ1) is 46.4. The molecular weight excluding hydrogens is 719 g/mol. The quantitative estimate of drug-likeness (QED) is 0.114. The molecule has 0 aromatic heterocycles. The van der Waals surface area contributed by atoms with Gasteiger partial charge in [-0.2, -0.15) is 0 Å². The van der Waals surface area contributed by atoms with Crippen molar-refractivity contribution >= 4 is 39.6 Å². The molecule has 0 saturated carbocycles. The van der Waals surface area contributed by atoms with Crippen LogP contribution in [0.1, 0.15) is 93.1 Å². The van der Waals surface area contributed by atoms with E-state index in [-0.39, 0.29) is 31.2 Å². The van der Waals surface area contributed by atoms with Gasteiger partial charge in [0.1, 0.15) is 33.6 Å². The third-order valence-electron chi connectivity index (χ3n) is 8.82. The average Bonchev–Trinajstić information content (AvgIpc) is 3.60. The van der Waals surface area contributed by atoms with Gasteiger partial charge in [0.15, 0.2) is 0 Å². The van der Waals surface area contributed by atoms with Crippen LogP contribution >= 0.6 is 0 Å². The van der Waals surface area contributed by atoms with Crippen molar-refractivity contribution in [2.24, 2.45) is 17.8 Å².